The Balaban J connectivity index is 1.93. The molecule has 0 bridgehead atoms. The van der Waals surface area contributed by atoms with Crippen molar-refractivity contribution in [2.45, 2.75) is 12.3 Å². The molecule has 0 aliphatic heterocycles. The number of ketones is 2. The zero-order valence-electron chi connectivity index (χ0n) is 12.1. The lowest BCUT2D eigenvalue weighted by Gasteiger charge is -2.39. The van der Waals surface area contributed by atoms with Crippen LogP contribution in [0.25, 0.3) is 0 Å². The third-order valence-electron chi connectivity index (χ3n) is 4.89. The summed E-state index contributed by atoms with van der Waals surface area (Å²) in [5.41, 5.74) is 3.49. The summed E-state index contributed by atoms with van der Waals surface area (Å²) in [6.07, 6.45) is 3.59. The highest BCUT2D eigenvalue weighted by molar-refractivity contribution is 6.08. The van der Waals surface area contributed by atoms with Gasteiger partial charge in [-0.05, 0) is 35.3 Å². The molecule has 2 aliphatic carbocycles. The molecule has 4 rings (SSSR count). The summed E-state index contributed by atoms with van der Waals surface area (Å²) in [5, 5.41) is 0. The summed E-state index contributed by atoms with van der Waals surface area (Å²) < 4.78 is 0. The predicted molar refractivity (Wildman–Crippen MR) is 84.6 cm³/mol. The fourth-order valence-electron chi connectivity index (χ4n) is 3.90. The highest BCUT2D eigenvalue weighted by Gasteiger charge is 2.44. The van der Waals surface area contributed by atoms with Crippen LogP contribution in [-0.4, -0.2) is 11.6 Å². The van der Waals surface area contributed by atoms with E-state index in [2.05, 4.69) is 24.3 Å². The van der Waals surface area contributed by atoms with E-state index in [9.17, 15) is 9.59 Å². The van der Waals surface area contributed by atoms with Gasteiger partial charge in [0, 0.05) is 17.8 Å². The maximum atomic E-state index is 12.5. The molecule has 3 atom stereocenters. The maximum absolute atomic E-state index is 12.5. The Morgan fingerprint density at radius 2 is 1.45 bits per heavy atom. The summed E-state index contributed by atoms with van der Waals surface area (Å²) in [6.45, 7) is 0. The van der Waals surface area contributed by atoms with Gasteiger partial charge in [-0.25, -0.2) is 0 Å². The highest BCUT2D eigenvalue weighted by Crippen LogP contribution is 2.45. The van der Waals surface area contributed by atoms with Gasteiger partial charge in [0.15, 0.2) is 11.6 Å². The van der Waals surface area contributed by atoms with Crippen LogP contribution < -0.4 is 0 Å². The van der Waals surface area contributed by atoms with Crippen LogP contribution in [0.5, 0.6) is 0 Å². The van der Waals surface area contributed by atoms with Crippen molar-refractivity contribution < 1.29 is 9.59 Å². The summed E-state index contributed by atoms with van der Waals surface area (Å²) in [7, 11) is 0. The Labute approximate surface area is 129 Å². The Kier molecular flexibility index (Phi) is 3.04. The molecule has 0 unspecified atom stereocenters. The number of hydrogen-bond donors (Lipinski definition) is 0. The molecular weight excluding hydrogens is 272 g/mol. The minimum Gasteiger partial charge on any atom is -0.295 e. The molecule has 0 spiro atoms. The lowest BCUT2D eigenvalue weighted by atomic mass is 9.62. The first kappa shape index (κ1) is 13.2. The van der Waals surface area contributed by atoms with Gasteiger partial charge in [-0.15, -0.1) is 0 Å². The van der Waals surface area contributed by atoms with Gasteiger partial charge in [-0.2, -0.15) is 0 Å². The molecule has 108 valence electrons. The van der Waals surface area contributed by atoms with E-state index in [1.807, 2.05) is 30.3 Å². The maximum Gasteiger partial charge on any atom is 0.160 e. The van der Waals surface area contributed by atoms with E-state index in [1.54, 1.807) is 0 Å². The standard InChI is InChI=1S/C20H16O2/c21-17-10-11-18(22)20-16(17)12-14-8-4-5-9-15(14)19(20)13-6-2-1-3-7-13/h1-11,16,19-20H,12H2/t16-,19+,20+/m0/s1. The van der Waals surface area contributed by atoms with Gasteiger partial charge in [-0.3, -0.25) is 9.59 Å². The van der Waals surface area contributed by atoms with Gasteiger partial charge in [0.25, 0.3) is 0 Å². The van der Waals surface area contributed by atoms with Crippen LogP contribution in [0.4, 0.5) is 0 Å². The van der Waals surface area contributed by atoms with Crippen molar-refractivity contribution in [1.82, 2.24) is 0 Å². The first-order valence-corrected chi connectivity index (χ1v) is 7.64. The molecule has 2 aromatic rings. The second-order valence-electron chi connectivity index (χ2n) is 6.06. The van der Waals surface area contributed by atoms with Crippen molar-refractivity contribution >= 4 is 11.6 Å². The Morgan fingerprint density at radius 1 is 0.773 bits per heavy atom. The topological polar surface area (TPSA) is 34.1 Å². The molecule has 22 heavy (non-hydrogen) atoms. The first-order chi connectivity index (χ1) is 10.8. The molecule has 0 radical (unpaired) electrons. The molecule has 2 heteroatoms. The van der Waals surface area contributed by atoms with Crippen molar-refractivity contribution in [2.75, 3.05) is 0 Å². The van der Waals surface area contributed by atoms with Gasteiger partial charge in [-0.1, -0.05) is 54.6 Å². The molecule has 2 aromatic carbocycles. The van der Waals surface area contributed by atoms with Gasteiger partial charge < -0.3 is 0 Å². The molecule has 0 saturated carbocycles. The highest BCUT2D eigenvalue weighted by atomic mass is 16.1. The molecule has 0 N–H and O–H groups in total. The van der Waals surface area contributed by atoms with Crippen LogP contribution in [-0.2, 0) is 16.0 Å². The van der Waals surface area contributed by atoms with Crippen LogP contribution >= 0.6 is 0 Å². The molecular formula is C20H16O2. The van der Waals surface area contributed by atoms with Crippen LogP contribution in [0.1, 0.15) is 22.6 Å². The predicted octanol–water partition coefficient (Wildman–Crippen LogP) is 3.32. The van der Waals surface area contributed by atoms with E-state index in [4.69, 9.17) is 0 Å². The number of fused-ring (bicyclic) bond motifs is 2. The quantitative estimate of drug-likeness (QED) is 0.806. The number of allylic oxidation sites excluding steroid dienone is 2. The van der Waals surface area contributed by atoms with Crippen molar-refractivity contribution in [3.05, 3.63) is 83.4 Å². The third kappa shape index (κ3) is 1.95. The van der Waals surface area contributed by atoms with Gasteiger partial charge in [0.1, 0.15) is 0 Å². The smallest absolute Gasteiger partial charge is 0.160 e. The second kappa shape index (κ2) is 5.06. The average Bonchev–Trinajstić information content (AvgIpc) is 2.57. The number of rotatable bonds is 1. The van der Waals surface area contributed by atoms with Crippen LogP contribution in [0, 0.1) is 11.8 Å². The molecule has 0 saturated heterocycles. The Hall–Kier alpha value is -2.48. The monoisotopic (exact) mass is 288 g/mol. The zero-order valence-corrected chi connectivity index (χ0v) is 12.1. The fraction of sp³-hybridized carbons (Fsp3) is 0.200. The van der Waals surface area contributed by atoms with Gasteiger partial charge in [0.05, 0.1) is 0 Å². The lowest BCUT2D eigenvalue weighted by molar-refractivity contribution is -0.129. The van der Waals surface area contributed by atoms with Gasteiger partial charge >= 0.3 is 0 Å². The molecule has 2 nitrogen and oxygen atoms in total. The van der Waals surface area contributed by atoms with Crippen molar-refractivity contribution in [3.8, 4) is 0 Å². The average molecular weight is 288 g/mol. The van der Waals surface area contributed by atoms with Crippen molar-refractivity contribution in [1.29, 1.82) is 0 Å². The minimum atomic E-state index is -0.269. The Morgan fingerprint density at radius 3 is 2.27 bits per heavy atom. The van der Waals surface area contributed by atoms with Crippen LogP contribution in [0.15, 0.2) is 66.7 Å². The minimum absolute atomic E-state index is 0.0300. The number of hydrogen-bond acceptors (Lipinski definition) is 2. The van der Waals surface area contributed by atoms with Crippen molar-refractivity contribution in [3.63, 3.8) is 0 Å². The largest absolute Gasteiger partial charge is 0.295 e. The number of carbonyl (C=O) groups excluding carboxylic acids is 2. The third-order valence-corrected chi connectivity index (χ3v) is 4.89. The van der Waals surface area contributed by atoms with E-state index in [1.165, 1.54) is 23.3 Å². The summed E-state index contributed by atoms with van der Waals surface area (Å²) >= 11 is 0. The summed E-state index contributed by atoms with van der Waals surface area (Å²) in [4.78, 5) is 24.9. The number of carbonyl (C=O) groups is 2. The van der Waals surface area contributed by atoms with Crippen molar-refractivity contribution in [2.24, 2.45) is 11.8 Å². The normalized spacial score (nSPS) is 26.5. The Bertz CT molecular complexity index is 773. The fourth-order valence-corrected chi connectivity index (χ4v) is 3.90. The summed E-state index contributed by atoms with van der Waals surface area (Å²) in [5.74, 6) is -0.363. The van der Waals surface area contributed by atoms with E-state index >= 15 is 0 Å². The molecule has 0 aromatic heterocycles. The lowest BCUT2D eigenvalue weighted by Crippen LogP contribution is -2.41. The molecule has 0 amide bonds. The van der Waals surface area contributed by atoms with Gasteiger partial charge in [0.2, 0.25) is 0 Å². The molecule has 2 aliphatic rings. The second-order valence-corrected chi connectivity index (χ2v) is 6.06. The molecule has 0 fully saturated rings. The van der Waals surface area contributed by atoms with E-state index in [0.29, 0.717) is 6.42 Å². The van der Waals surface area contributed by atoms with E-state index in [0.717, 1.165) is 5.56 Å². The van der Waals surface area contributed by atoms with Crippen LogP contribution in [0.3, 0.4) is 0 Å². The summed E-state index contributed by atoms with van der Waals surface area (Å²) in [6, 6.07) is 18.3. The van der Waals surface area contributed by atoms with Crippen LogP contribution in [0.2, 0.25) is 0 Å². The molecule has 0 heterocycles. The number of benzene rings is 2. The van der Waals surface area contributed by atoms with E-state index < -0.39 is 0 Å². The first-order valence-electron chi connectivity index (χ1n) is 7.64. The van der Waals surface area contributed by atoms with E-state index in [-0.39, 0.29) is 29.3 Å². The SMILES string of the molecule is O=C1C=CC(=O)[C@@H]2Cc3ccccc3[C@@H](c3ccccc3)[C@@H]12. The zero-order chi connectivity index (χ0) is 15.1.